The Morgan fingerprint density at radius 1 is 1.06 bits per heavy atom. The molecule has 6 nitrogen and oxygen atoms in total. The lowest BCUT2D eigenvalue weighted by molar-refractivity contribution is 0.102. The third kappa shape index (κ3) is 5.41. The first-order valence-electron chi connectivity index (χ1n) is 10.7. The van der Waals surface area contributed by atoms with Gasteiger partial charge in [-0.3, -0.25) is 4.79 Å². The van der Waals surface area contributed by atoms with Gasteiger partial charge in [-0.05, 0) is 60.9 Å². The van der Waals surface area contributed by atoms with E-state index in [4.69, 9.17) is 16.3 Å². The molecular formula is C26H25ClN4O2. The van der Waals surface area contributed by atoms with Crippen molar-refractivity contribution in [2.45, 2.75) is 20.8 Å². The minimum absolute atomic E-state index is 0.226. The predicted octanol–water partition coefficient (Wildman–Crippen LogP) is 6.18. The number of carbonyl (C=O) groups is 1. The van der Waals surface area contributed by atoms with E-state index in [-0.39, 0.29) is 5.91 Å². The first-order chi connectivity index (χ1) is 15.9. The number of halogens is 1. The fraction of sp³-hybridized carbons (Fsp3) is 0.192. The summed E-state index contributed by atoms with van der Waals surface area (Å²) in [5.74, 6) is 0.833. The number of carbonyl (C=O) groups excluding carboxylic acids is 1. The Hall–Kier alpha value is -3.64. The number of hydrogen-bond acceptors (Lipinski definition) is 4. The third-order valence-corrected chi connectivity index (χ3v) is 5.21. The lowest BCUT2D eigenvalue weighted by Crippen LogP contribution is -2.11. The molecule has 1 aromatic heterocycles. The van der Waals surface area contributed by atoms with Crippen molar-refractivity contribution in [2.75, 3.05) is 11.9 Å². The summed E-state index contributed by atoms with van der Waals surface area (Å²) in [6.07, 6.45) is 0. The standard InChI is InChI=1S/C26H25ClN4O2/c1-17(2)16-33-26-29-24(23-10-5-4-7-18(23)3)31(30-26)22-13-11-21(12-14-22)28-25(32)19-8-6-9-20(27)15-19/h4-15,17H,16H2,1-3H3,(H,28,32). The van der Waals surface area contributed by atoms with Crippen LogP contribution in [0.1, 0.15) is 29.8 Å². The number of anilines is 1. The molecular weight excluding hydrogens is 436 g/mol. The average Bonchev–Trinajstić information content (AvgIpc) is 3.22. The van der Waals surface area contributed by atoms with Gasteiger partial charge in [0.15, 0.2) is 5.82 Å². The normalized spacial score (nSPS) is 10.9. The summed E-state index contributed by atoms with van der Waals surface area (Å²) in [5.41, 5.74) is 4.03. The summed E-state index contributed by atoms with van der Waals surface area (Å²) in [6, 6.07) is 22.6. The van der Waals surface area contributed by atoms with Gasteiger partial charge in [-0.25, -0.2) is 4.68 Å². The molecule has 1 heterocycles. The highest BCUT2D eigenvalue weighted by Gasteiger charge is 2.17. The molecule has 0 radical (unpaired) electrons. The van der Waals surface area contributed by atoms with Crippen LogP contribution in [0.2, 0.25) is 5.02 Å². The number of nitrogens with one attached hydrogen (secondary N) is 1. The van der Waals surface area contributed by atoms with Crippen LogP contribution in [0.25, 0.3) is 17.1 Å². The van der Waals surface area contributed by atoms with Gasteiger partial charge in [0.25, 0.3) is 5.91 Å². The Morgan fingerprint density at radius 2 is 1.82 bits per heavy atom. The van der Waals surface area contributed by atoms with E-state index in [9.17, 15) is 4.79 Å². The number of benzene rings is 3. The number of amides is 1. The number of aromatic nitrogens is 3. The molecule has 0 unspecified atom stereocenters. The molecule has 0 aliphatic heterocycles. The van der Waals surface area contributed by atoms with E-state index in [1.165, 1.54) is 0 Å². The second-order valence-corrected chi connectivity index (χ2v) is 8.60. The van der Waals surface area contributed by atoms with Gasteiger partial charge in [0.05, 0.1) is 12.3 Å². The lowest BCUT2D eigenvalue weighted by atomic mass is 10.1. The molecule has 0 bridgehead atoms. The maximum atomic E-state index is 12.5. The number of rotatable bonds is 7. The Balaban J connectivity index is 1.62. The van der Waals surface area contributed by atoms with Crippen LogP contribution in [0.3, 0.4) is 0 Å². The molecule has 4 aromatic rings. The van der Waals surface area contributed by atoms with Crippen molar-refractivity contribution < 1.29 is 9.53 Å². The molecule has 0 fully saturated rings. The second kappa shape index (κ2) is 9.88. The summed E-state index contributed by atoms with van der Waals surface area (Å²) < 4.78 is 7.56. The van der Waals surface area contributed by atoms with Crippen molar-refractivity contribution in [1.29, 1.82) is 0 Å². The monoisotopic (exact) mass is 460 g/mol. The zero-order valence-electron chi connectivity index (χ0n) is 18.7. The molecule has 0 atom stereocenters. The van der Waals surface area contributed by atoms with Gasteiger partial charge >= 0.3 is 6.01 Å². The van der Waals surface area contributed by atoms with Crippen molar-refractivity contribution in [2.24, 2.45) is 5.92 Å². The Kier molecular flexibility index (Phi) is 6.75. The summed E-state index contributed by atoms with van der Waals surface area (Å²) >= 11 is 5.99. The molecule has 3 aromatic carbocycles. The third-order valence-electron chi connectivity index (χ3n) is 4.98. The van der Waals surface area contributed by atoms with E-state index in [1.54, 1.807) is 28.9 Å². The number of aryl methyl sites for hydroxylation is 1. The maximum Gasteiger partial charge on any atom is 0.336 e. The first-order valence-corrected chi connectivity index (χ1v) is 11.1. The fourth-order valence-corrected chi connectivity index (χ4v) is 3.48. The highest BCUT2D eigenvalue weighted by molar-refractivity contribution is 6.31. The van der Waals surface area contributed by atoms with Crippen LogP contribution in [0, 0.1) is 12.8 Å². The molecule has 4 rings (SSSR count). The Labute approximate surface area is 198 Å². The topological polar surface area (TPSA) is 69.0 Å². The molecule has 0 aliphatic carbocycles. The molecule has 168 valence electrons. The van der Waals surface area contributed by atoms with Crippen molar-refractivity contribution in [3.63, 3.8) is 0 Å². The molecule has 33 heavy (non-hydrogen) atoms. The highest BCUT2D eigenvalue weighted by Crippen LogP contribution is 2.27. The number of hydrogen-bond donors (Lipinski definition) is 1. The van der Waals surface area contributed by atoms with E-state index < -0.39 is 0 Å². The molecule has 0 spiro atoms. The maximum absolute atomic E-state index is 12.5. The lowest BCUT2D eigenvalue weighted by Gasteiger charge is -2.10. The minimum atomic E-state index is -0.226. The zero-order valence-corrected chi connectivity index (χ0v) is 19.5. The summed E-state index contributed by atoms with van der Waals surface area (Å²) in [5, 5.41) is 8.01. The van der Waals surface area contributed by atoms with Crippen LogP contribution < -0.4 is 10.1 Å². The van der Waals surface area contributed by atoms with Crippen LogP contribution in [-0.2, 0) is 0 Å². The first kappa shape index (κ1) is 22.6. The van der Waals surface area contributed by atoms with Gasteiger partial charge in [0.2, 0.25) is 0 Å². The summed E-state index contributed by atoms with van der Waals surface area (Å²) in [6.45, 7) is 6.73. The van der Waals surface area contributed by atoms with Crippen LogP contribution in [-0.4, -0.2) is 27.3 Å². The highest BCUT2D eigenvalue weighted by atomic mass is 35.5. The largest absolute Gasteiger partial charge is 0.462 e. The van der Waals surface area contributed by atoms with E-state index in [0.717, 1.165) is 16.8 Å². The molecule has 0 saturated carbocycles. The van der Waals surface area contributed by atoms with Crippen LogP contribution in [0.4, 0.5) is 5.69 Å². The molecule has 0 saturated heterocycles. The average molecular weight is 461 g/mol. The van der Waals surface area contributed by atoms with E-state index >= 15 is 0 Å². The van der Waals surface area contributed by atoms with Gasteiger partial charge < -0.3 is 10.1 Å². The van der Waals surface area contributed by atoms with Crippen molar-refractivity contribution >= 4 is 23.2 Å². The molecule has 7 heteroatoms. The minimum Gasteiger partial charge on any atom is -0.462 e. The predicted molar refractivity (Wildman–Crippen MR) is 131 cm³/mol. The van der Waals surface area contributed by atoms with Gasteiger partial charge in [0, 0.05) is 21.8 Å². The van der Waals surface area contributed by atoms with E-state index in [1.807, 2.05) is 55.5 Å². The Morgan fingerprint density at radius 3 is 2.52 bits per heavy atom. The smallest absolute Gasteiger partial charge is 0.336 e. The van der Waals surface area contributed by atoms with Crippen LogP contribution >= 0.6 is 11.6 Å². The molecule has 1 amide bonds. The van der Waals surface area contributed by atoms with Gasteiger partial charge in [-0.1, -0.05) is 55.8 Å². The fourth-order valence-electron chi connectivity index (χ4n) is 3.29. The van der Waals surface area contributed by atoms with Crippen molar-refractivity contribution in [1.82, 2.24) is 14.8 Å². The van der Waals surface area contributed by atoms with E-state index in [2.05, 4.69) is 29.2 Å². The van der Waals surface area contributed by atoms with Gasteiger partial charge in [0.1, 0.15) is 0 Å². The molecule has 1 N–H and O–H groups in total. The summed E-state index contributed by atoms with van der Waals surface area (Å²) in [4.78, 5) is 17.2. The number of ether oxygens (including phenoxy) is 1. The quantitative estimate of drug-likeness (QED) is 0.357. The second-order valence-electron chi connectivity index (χ2n) is 8.16. The number of nitrogens with zero attached hydrogens (tertiary/aromatic N) is 3. The zero-order chi connectivity index (χ0) is 23.4. The van der Waals surface area contributed by atoms with E-state index in [0.29, 0.717) is 40.6 Å². The Bertz CT molecular complexity index is 1270. The van der Waals surface area contributed by atoms with Crippen molar-refractivity contribution in [3.05, 3.63) is 88.9 Å². The van der Waals surface area contributed by atoms with Gasteiger partial charge in [-0.2, -0.15) is 4.98 Å². The van der Waals surface area contributed by atoms with Crippen LogP contribution in [0.15, 0.2) is 72.8 Å². The summed E-state index contributed by atoms with van der Waals surface area (Å²) in [7, 11) is 0. The SMILES string of the molecule is Cc1ccccc1-c1nc(OCC(C)C)nn1-c1ccc(NC(=O)c2cccc(Cl)c2)cc1. The molecule has 0 aliphatic rings. The van der Waals surface area contributed by atoms with Gasteiger partial charge in [-0.15, -0.1) is 5.10 Å². The van der Waals surface area contributed by atoms with Crippen LogP contribution in [0.5, 0.6) is 6.01 Å². The van der Waals surface area contributed by atoms with Crippen molar-refractivity contribution in [3.8, 4) is 23.1 Å².